The van der Waals surface area contributed by atoms with E-state index < -0.39 is 5.97 Å². The van der Waals surface area contributed by atoms with E-state index in [-0.39, 0.29) is 11.3 Å². The Balaban J connectivity index is 1.45. The summed E-state index contributed by atoms with van der Waals surface area (Å²) in [6.07, 6.45) is 1.20. The fourth-order valence-corrected chi connectivity index (χ4v) is 4.80. The summed E-state index contributed by atoms with van der Waals surface area (Å²) in [5.74, 6) is -0.850. The summed E-state index contributed by atoms with van der Waals surface area (Å²) in [7, 11) is 0. The molecular formula is C26H23NO3S. The maximum absolute atomic E-state index is 12.5. The standard InChI is InChI=1S/C26H23NO3S/c1-16-10-17(2)12-21(11-16)19-7-9-23-24(14-19)31-25(27-23)15-22(28)8-6-18-4-3-5-20(13-18)26(29)30/h3-5,7,9-14H,6,8,15H2,1-2H3,(H,29,30). The first kappa shape index (κ1) is 20.9. The zero-order valence-corrected chi connectivity index (χ0v) is 18.3. The van der Waals surface area contributed by atoms with Crippen molar-refractivity contribution in [2.45, 2.75) is 33.1 Å². The van der Waals surface area contributed by atoms with Crippen molar-refractivity contribution < 1.29 is 14.7 Å². The molecule has 0 saturated heterocycles. The zero-order valence-electron chi connectivity index (χ0n) is 17.5. The first-order valence-corrected chi connectivity index (χ1v) is 11.0. The Morgan fingerprint density at radius 1 is 0.935 bits per heavy atom. The Morgan fingerprint density at radius 3 is 2.45 bits per heavy atom. The van der Waals surface area contributed by atoms with Crippen LogP contribution in [-0.2, 0) is 17.6 Å². The highest BCUT2D eigenvalue weighted by molar-refractivity contribution is 7.18. The van der Waals surface area contributed by atoms with Gasteiger partial charge in [-0.2, -0.15) is 0 Å². The van der Waals surface area contributed by atoms with Crippen LogP contribution in [0.4, 0.5) is 0 Å². The first-order valence-electron chi connectivity index (χ1n) is 10.2. The molecule has 0 atom stereocenters. The largest absolute Gasteiger partial charge is 0.478 e. The van der Waals surface area contributed by atoms with Crippen molar-refractivity contribution in [2.75, 3.05) is 0 Å². The van der Waals surface area contributed by atoms with Crippen molar-refractivity contribution in [1.82, 2.24) is 4.98 Å². The van der Waals surface area contributed by atoms with Gasteiger partial charge in [-0.15, -0.1) is 11.3 Å². The van der Waals surface area contributed by atoms with Gasteiger partial charge in [0, 0.05) is 6.42 Å². The number of ketones is 1. The van der Waals surface area contributed by atoms with Gasteiger partial charge in [0.05, 0.1) is 22.2 Å². The van der Waals surface area contributed by atoms with Gasteiger partial charge >= 0.3 is 5.97 Å². The molecule has 31 heavy (non-hydrogen) atoms. The van der Waals surface area contributed by atoms with Crippen LogP contribution in [0.5, 0.6) is 0 Å². The molecule has 0 bridgehead atoms. The van der Waals surface area contributed by atoms with E-state index >= 15 is 0 Å². The molecule has 0 amide bonds. The molecule has 3 aromatic carbocycles. The first-order chi connectivity index (χ1) is 14.9. The molecule has 156 valence electrons. The van der Waals surface area contributed by atoms with Crippen molar-refractivity contribution in [1.29, 1.82) is 0 Å². The number of carboxylic acids is 1. The van der Waals surface area contributed by atoms with E-state index in [1.807, 2.05) is 12.1 Å². The third-order valence-electron chi connectivity index (χ3n) is 5.20. The van der Waals surface area contributed by atoms with Gasteiger partial charge in [0.2, 0.25) is 0 Å². The minimum Gasteiger partial charge on any atom is -0.478 e. The normalized spacial score (nSPS) is 11.0. The van der Waals surface area contributed by atoms with E-state index in [0.717, 1.165) is 26.4 Å². The average Bonchev–Trinajstić information content (AvgIpc) is 3.13. The van der Waals surface area contributed by atoms with Crippen molar-refractivity contribution in [3.8, 4) is 11.1 Å². The van der Waals surface area contributed by atoms with Gasteiger partial charge < -0.3 is 5.11 Å². The summed E-state index contributed by atoms with van der Waals surface area (Å²) < 4.78 is 1.08. The van der Waals surface area contributed by atoms with Crippen LogP contribution >= 0.6 is 11.3 Å². The quantitative estimate of drug-likeness (QED) is 0.390. The van der Waals surface area contributed by atoms with E-state index in [9.17, 15) is 9.59 Å². The van der Waals surface area contributed by atoms with Gasteiger partial charge in [0.1, 0.15) is 10.8 Å². The van der Waals surface area contributed by atoms with E-state index in [4.69, 9.17) is 5.11 Å². The maximum atomic E-state index is 12.5. The van der Waals surface area contributed by atoms with E-state index in [2.05, 4.69) is 49.2 Å². The Bertz CT molecular complexity index is 1270. The third kappa shape index (κ3) is 5.06. The number of nitrogens with zero attached hydrogens (tertiary/aromatic N) is 1. The van der Waals surface area contributed by atoms with Gasteiger partial charge in [-0.1, -0.05) is 47.5 Å². The fourth-order valence-electron chi connectivity index (χ4n) is 3.77. The number of aromatic carboxylic acids is 1. The van der Waals surface area contributed by atoms with Gasteiger partial charge in [0.25, 0.3) is 0 Å². The lowest BCUT2D eigenvalue weighted by Crippen LogP contribution is -2.05. The molecule has 5 heteroatoms. The number of Topliss-reactive ketones (excluding diaryl/α,β-unsaturated/α-hetero) is 1. The minimum absolute atomic E-state index is 0.106. The number of rotatable bonds is 7. The van der Waals surface area contributed by atoms with Crippen molar-refractivity contribution in [2.24, 2.45) is 0 Å². The number of thiazole rings is 1. The summed E-state index contributed by atoms with van der Waals surface area (Å²) in [6.45, 7) is 4.20. The predicted octanol–water partition coefficient (Wildman–Crippen LogP) is 6.02. The van der Waals surface area contributed by atoms with E-state index in [1.165, 1.54) is 16.7 Å². The molecular weight excluding hydrogens is 406 g/mol. The Kier molecular flexibility index (Phi) is 5.96. The lowest BCUT2D eigenvalue weighted by Gasteiger charge is -2.05. The number of hydrogen-bond donors (Lipinski definition) is 1. The van der Waals surface area contributed by atoms with Crippen molar-refractivity contribution >= 4 is 33.3 Å². The van der Waals surface area contributed by atoms with Crippen LogP contribution in [0.1, 0.15) is 38.5 Å². The summed E-state index contributed by atoms with van der Waals surface area (Å²) in [5, 5.41) is 9.91. The molecule has 0 aliphatic heterocycles. The van der Waals surface area contributed by atoms with Crippen LogP contribution in [0.25, 0.3) is 21.3 Å². The highest BCUT2D eigenvalue weighted by Crippen LogP contribution is 2.29. The second-order valence-corrected chi connectivity index (χ2v) is 9.00. The number of fused-ring (bicyclic) bond motifs is 1. The average molecular weight is 430 g/mol. The predicted molar refractivity (Wildman–Crippen MR) is 125 cm³/mol. The molecule has 0 fully saturated rings. The second-order valence-electron chi connectivity index (χ2n) is 7.89. The number of carbonyl (C=O) groups is 2. The summed E-state index contributed by atoms with van der Waals surface area (Å²) in [4.78, 5) is 28.2. The number of hydrogen-bond acceptors (Lipinski definition) is 4. The monoisotopic (exact) mass is 429 g/mol. The highest BCUT2D eigenvalue weighted by Gasteiger charge is 2.11. The number of aromatic nitrogens is 1. The maximum Gasteiger partial charge on any atom is 0.335 e. The molecule has 1 N–H and O–H groups in total. The van der Waals surface area contributed by atoms with Gasteiger partial charge in [-0.25, -0.2) is 9.78 Å². The molecule has 0 radical (unpaired) electrons. The molecule has 4 rings (SSSR count). The summed E-state index contributed by atoms with van der Waals surface area (Å²) in [5.41, 5.74) is 6.83. The fraction of sp³-hybridized carbons (Fsp3) is 0.192. The molecule has 0 spiro atoms. The molecule has 1 aromatic heterocycles. The molecule has 0 aliphatic carbocycles. The Hall–Kier alpha value is -3.31. The lowest BCUT2D eigenvalue weighted by molar-refractivity contribution is -0.118. The van der Waals surface area contributed by atoms with Crippen LogP contribution in [0, 0.1) is 13.8 Å². The topological polar surface area (TPSA) is 67.3 Å². The summed E-state index contributed by atoms with van der Waals surface area (Å²) in [6, 6.07) is 19.5. The smallest absolute Gasteiger partial charge is 0.335 e. The molecule has 1 heterocycles. The lowest BCUT2D eigenvalue weighted by atomic mass is 10.0. The molecule has 0 saturated carbocycles. The van der Waals surface area contributed by atoms with Crippen LogP contribution in [0.2, 0.25) is 0 Å². The zero-order chi connectivity index (χ0) is 22.0. The number of benzene rings is 3. The second kappa shape index (κ2) is 8.82. The van der Waals surface area contributed by atoms with Gasteiger partial charge in [0.15, 0.2) is 0 Å². The Morgan fingerprint density at radius 2 is 1.71 bits per heavy atom. The van der Waals surface area contributed by atoms with Gasteiger partial charge in [-0.05, 0) is 61.2 Å². The van der Waals surface area contributed by atoms with E-state index in [1.54, 1.807) is 29.5 Å². The van der Waals surface area contributed by atoms with Crippen molar-refractivity contribution in [3.05, 3.63) is 87.9 Å². The summed E-state index contributed by atoms with van der Waals surface area (Å²) >= 11 is 1.56. The molecule has 0 aliphatic rings. The van der Waals surface area contributed by atoms with E-state index in [0.29, 0.717) is 19.3 Å². The van der Waals surface area contributed by atoms with Crippen LogP contribution in [0.15, 0.2) is 60.7 Å². The van der Waals surface area contributed by atoms with Crippen LogP contribution in [-0.4, -0.2) is 21.8 Å². The number of carbonyl (C=O) groups excluding carboxylic acids is 1. The van der Waals surface area contributed by atoms with Crippen LogP contribution < -0.4 is 0 Å². The number of carboxylic acid groups (broad SMARTS) is 1. The molecule has 0 unspecified atom stereocenters. The minimum atomic E-state index is -0.956. The molecule has 4 nitrogen and oxygen atoms in total. The SMILES string of the molecule is Cc1cc(C)cc(-c2ccc3nc(CC(=O)CCc4cccc(C(=O)O)c4)sc3c2)c1. The highest BCUT2D eigenvalue weighted by atomic mass is 32.1. The Labute approximate surface area is 185 Å². The molecule has 4 aromatic rings. The van der Waals surface area contributed by atoms with Gasteiger partial charge in [-0.3, -0.25) is 4.79 Å². The number of aryl methyl sites for hydroxylation is 3. The van der Waals surface area contributed by atoms with Crippen LogP contribution in [0.3, 0.4) is 0 Å². The van der Waals surface area contributed by atoms with Crippen molar-refractivity contribution in [3.63, 3.8) is 0 Å². The third-order valence-corrected chi connectivity index (χ3v) is 6.22.